The molecule has 1 aliphatic rings. The summed E-state index contributed by atoms with van der Waals surface area (Å²) in [6, 6.07) is 5.40. The summed E-state index contributed by atoms with van der Waals surface area (Å²) in [5.41, 5.74) is 0. The van der Waals surface area contributed by atoms with Crippen LogP contribution in [0.1, 0.15) is 6.42 Å². The van der Waals surface area contributed by atoms with Crippen LogP contribution in [0.25, 0.3) is 0 Å². The second-order valence-electron chi connectivity index (χ2n) is 3.82. The third kappa shape index (κ3) is 3.25. The van der Waals surface area contributed by atoms with Crippen molar-refractivity contribution in [3.05, 3.63) is 24.3 Å². The molecule has 6 heteroatoms. The predicted molar refractivity (Wildman–Crippen MR) is 51.6 cm³/mol. The average Bonchev–Trinajstić information content (AvgIpc) is 2.85. The minimum atomic E-state index is -2.88. The van der Waals surface area contributed by atoms with E-state index >= 15 is 0 Å². The molecule has 1 aromatic carbocycles. The van der Waals surface area contributed by atoms with E-state index in [0.29, 0.717) is 5.75 Å². The van der Waals surface area contributed by atoms with E-state index < -0.39 is 18.5 Å². The van der Waals surface area contributed by atoms with Gasteiger partial charge in [0.1, 0.15) is 11.5 Å². The van der Waals surface area contributed by atoms with Gasteiger partial charge in [0.2, 0.25) is 0 Å². The molecule has 1 saturated carbocycles. The summed E-state index contributed by atoms with van der Waals surface area (Å²) in [6.07, 6.45) is -0.153. The fraction of sp³-hybridized carbons (Fsp3) is 0.455. The molecule has 0 aliphatic heterocycles. The Kier molecular flexibility index (Phi) is 3.13. The molecule has 0 saturated heterocycles. The third-order valence-corrected chi connectivity index (χ3v) is 2.46. The van der Waals surface area contributed by atoms with Gasteiger partial charge in [-0.05, 0) is 24.3 Å². The van der Waals surface area contributed by atoms with E-state index in [9.17, 15) is 17.6 Å². The first-order valence-electron chi connectivity index (χ1n) is 5.03. The molecule has 1 aromatic rings. The number of ether oxygens (including phenoxy) is 2. The van der Waals surface area contributed by atoms with Crippen molar-refractivity contribution in [2.24, 2.45) is 5.92 Å². The van der Waals surface area contributed by atoms with E-state index in [1.807, 2.05) is 0 Å². The highest BCUT2D eigenvalue weighted by Crippen LogP contribution is 2.48. The van der Waals surface area contributed by atoms with E-state index in [0.717, 1.165) is 0 Å². The van der Waals surface area contributed by atoms with Crippen LogP contribution in [-0.2, 0) is 0 Å². The molecule has 0 N–H and O–H groups in total. The molecule has 0 radical (unpaired) electrons. The largest absolute Gasteiger partial charge is 0.493 e. The topological polar surface area (TPSA) is 18.5 Å². The predicted octanol–water partition coefficient (Wildman–Crippen LogP) is 3.32. The monoisotopic (exact) mass is 250 g/mol. The first-order chi connectivity index (χ1) is 7.97. The fourth-order valence-electron chi connectivity index (χ4n) is 1.36. The van der Waals surface area contributed by atoms with Crippen LogP contribution in [0.15, 0.2) is 24.3 Å². The number of halogens is 4. The van der Waals surface area contributed by atoms with Gasteiger partial charge >= 0.3 is 6.61 Å². The zero-order valence-corrected chi connectivity index (χ0v) is 8.71. The van der Waals surface area contributed by atoms with Crippen LogP contribution < -0.4 is 9.47 Å². The Balaban J connectivity index is 1.82. The van der Waals surface area contributed by atoms with Crippen LogP contribution in [0.5, 0.6) is 11.5 Å². The summed E-state index contributed by atoms with van der Waals surface area (Å²) < 4.78 is 57.9. The average molecular weight is 250 g/mol. The highest BCUT2D eigenvalue weighted by atomic mass is 19.3. The molecule has 1 aliphatic carbocycles. The molecule has 1 unspecified atom stereocenters. The molecule has 0 heterocycles. The van der Waals surface area contributed by atoms with Crippen LogP contribution in [0, 0.1) is 5.92 Å². The molecule has 94 valence electrons. The first kappa shape index (κ1) is 12.0. The highest BCUT2D eigenvalue weighted by Gasteiger charge is 2.57. The molecule has 0 bridgehead atoms. The molecular weight excluding hydrogens is 240 g/mol. The van der Waals surface area contributed by atoms with Gasteiger partial charge in [0.15, 0.2) is 0 Å². The van der Waals surface area contributed by atoms with E-state index in [1.54, 1.807) is 0 Å². The van der Waals surface area contributed by atoms with E-state index in [-0.39, 0.29) is 18.8 Å². The van der Waals surface area contributed by atoms with Crippen LogP contribution in [0.2, 0.25) is 0 Å². The van der Waals surface area contributed by atoms with E-state index in [4.69, 9.17) is 4.74 Å². The van der Waals surface area contributed by atoms with Gasteiger partial charge in [0, 0.05) is 6.42 Å². The lowest BCUT2D eigenvalue weighted by Gasteiger charge is -2.07. The molecule has 1 atom stereocenters. The molecule has 2 rings (SSSR count). The number of rotatable bonds is 5. The van der Waals surface area contributed by atoms with Gasteiger partial charge in [-0.15, -0.1) is 0 Å². The summed E-state index contributed by atoms with van der Waals surface area (Å²) >= 11 is 0. The summed E-state index contributed by atoms with van der Waals surface area (Å²) in [7, 11) is 0. The summed E-state index contributed by atoms with van der Waals surface area (Å²) in [5, 5.41) is 0. The van der Waals surface area contributed by atoms with E-state index in [2.05, 4.69) is 4.74 Å². The van der Waals surface area contributed by atoms with Crippen molar-refractivity contribution in [3.8, 4) is 11.5 Å². The van der Waals surface area contributed by atoms with Gasteiger partial charge < -0.3 is 9.47 Å². The maximum atomic E-state index is 12.5. The Morgan fingerprint density at radius 1 is 1.18 bits per heavy atom. The van der Waals surface area contributed by atoms with Gasteiger partial charge in [-0.3, -0.25) is 0 Å². The normalized spacial score (nSPS) is 21.4. The Labute approximate surface area is 95.1 Å². The van der Waals surface area contributed by atoms with Crippen molar-refractivity contribution in [1.82, 2.24) is 0 Å². The lowest BCUT2D eigenvalue weighted by molar-refractivity contribution is -0.0498. The van der Waals surface area contributed by atoms with Crippen molar-refractivity contribution >= 4 is 0 Å². The highest BCUT2D eigenvalue weighted by molar-refractivity contribution is 5.31. The van der Waals surface area contributed by atoms with Crippen molar-refractivity contribution in [3.63, 3.8) is 0 Å². The molecule has 17 heavy (non-hydrogen) atoms. The molecule has 0 aromatic heterocycles. The summed E-state index contributed by atoms with van der Waals surface area (Å²) in [4.78, 5) is 0. The van der Waals surface area contributed by atoms with Crippen LogP contribution in [-0.4, -0.2) is 19.1 Å². The van der Waals surface area contributed by atoms with Crippen LogP contribution in [0.4, 0.5) is 17.6 Å². The Hall–Kier alpha value is -1.46. The second-order valence-corrected chi connectivity index (χ2v) is 3.82. The van der Waals surface area contributed by atoms with Crippen molar-refractivity contribution in [2.45, 2.75) is 19.0 Å². The maximum Gasteiger partial charge on any atom is 0.387 e. The number of hydrogen-bond donors (Lipinski definition) is 0. The van der Waals surface area contributed by atoms with Gasteiger partial charge in [-0.2, -0.15) is 8.78 Å². The molecular formula is C11H10F4O2. The van der Waals surface area contributed by atoms with Crippen molar-refractivity contribution in [1.29, 1.82) is 0 Å². The van der Waals surface area contributed by atoms with Gasteiger partial charge in [0.25, 0.3) is 5.92 Å². The molecule has 1 fully saturated rings. The smallest absolute Gasteiger partial charge is 0.387 e. The summed E-state index contributed by atoms with van der Waals surface area (Å²) in [5.74, 6) is -2.99. The standard InChI is InChI=1S/C11H10F4O2/c12-10(13)17-9-3-1-8(2-4-9)16-6-7-5-11(7,14)15/h1-4,7,10H,5-6H2. The molecule has 0 spiro atoms. The Bertz CT molecular complexity index is 378. The van der Waals surface area contributed by atoms with Gasteiger partial charge in [-0.25, -0.2) is 8.78 Å². The second kappa shape index (κ2) is 4.43. The van der Waals surface area contributed by atoms with Gasteiger partial charge in [0.05, 0.1) is 12.5 Å². The minimum Gasteiger partial charge on any atom is -0.493 e. The SMILES string of the molecule is FC(F)Oc1ccc(OCC2CC2(F)F)cc1. The minimum absolute atomic E-state index is 0.00380. The van der Waals surface area contributed by atoms with E-state index in [1.165, 1.54) is 24.3 Å². The fourth-order valence-corrected chi connectivity index (χ4v) is 1.36. The Morgan fingerprint density at radius 3 is 2.18 bits per heavy atom. The molecule has 2 nitrogen and oxygen atoms in total. The maximum absolute atomic E-state index is 12.5. The van der Waals surface area contributed by atoms with Crippen molar-refractivity contribution < 1.29 is 27.0 Å². The zero-order chi connectivity index (χ0) is 12.5. The Morgan fingerprint density at radius 2 is 1.71 bits per heavy atom. The van der Waals surface area contributed by atoms with Crippen LogP contribution in [0.3, 0.4) is 0 Å². The summed E-state index contributed by atoms with van der Waals surface area (Å²) in [6.45, 7) is -2.95. The van der Waals surface area contributed by atoms with Gasteiger partial charge in [-0.1, -0.05) is 0 Å². The lowest BCUT2D eigenvalue weighted by Crippen LogP contribution is -2.05. The number of benzene rings is 1. The zero-order valence-electron chi connectivity index (χ0n) is 8.71. The number of alkyl halides is 4. The lowest BCUT2D eigenvalue weighted by atomic mass is 10.3. The quantitative estimate of drug-likeness (QED) is 0.746. The van der Waals surface area contributed by atoms with Crippen LogP contribution >= 0.6 is 0 Å². The number of hydrogen-bond acceptors (Lipinski definition) is 2. The molecule has 0 amide bonds. The third-order valence-electron chi connectivity index (χ3n) is 2.46. The van der Waals surface area contributed by atoms with Crippen molar-refractivity contribution in [2.75, 3.05) is 6.61 Å². The first-order valence-corrected chi connectivity index (χ1v) is 5.03.